The van der Waals surface area contributed by atoms with Crippen molar-refractivity contribution in [2.75, 3.05) is 20.6 Å². The van der Waals surface area contributed by atoms with Crippen LogP contribution in [0.3, 0.4) is 0 Å². The van der Waals surface area contributed by atoms with Gasteiger partial charge in [-0.15, -0.1) is 0 Å². The van der Waals surface area contributed by atoms with Gasteiger partial charge in [0, 0.05) is 23.7 Å². The van der Waals surface area contributed by atoms with Gasteiger partial charge in [-0.3, -0.25) is 0 Å². The summed E-state index contributed by atoms with van der Waals surface area (Å²) in [5, 5.41) is 3.99. The van der Waals surface area contributed by atoms with Crippen LogP contribution in [0.2, 0.25) is 10.0 Å². The predicted octanol–water partition coefficient (Wildman–Crippen LogP) is 4.76. The molecule has 0 bridgehead atoms. The molecule has 0 fully saturated rings. The summed E-state index contributed by atoms with van der Waals surface area (Å²) < 4.78 is 13.6. The Morgan fingerprint density at radius 1 is 1.14 bits per heavy atom. The third-order valence-electron chi connectivity index (χ3n) is 3.64. The van der Waals surface area contributed by atoms with Crippen LogP contribution in [0.15, 0.2) is 12.1 Å². The molecule has 0 saturated carbocycles. The molecule has 0 amide bonds. The minimum Gasteiger partial charge on any atom is -0.309 e. The largest absolute Gasteiger partial charge is 0.309 e. The maximum Gasteiger partial charge on any atom is 0.142 e. The van der Waals surface area contributed by atoms with Crippen LogP contribution in [0.4, 0.5) is 4.39 Å². The van der Waals surface area contributed by atoms with E-state index in [-0.39, 0.29) is 11.1 Å². The van der Waals surface area contributed by atoms with Crippen molar-refractivity contribution in [3.05, 3.63) is 33.6 Å². The molecule has 120 valence electrons. The van der Waals surface area contributed by atoms with E-state index in [1.165, 1.54) is 12.1 Å². The summed E-state index contributed by atoms with van der Waals surface area (Å²) in [5.74, 6) is 0.196. The molecule has 1 rings (SSSR count). The van der Waals surface area contributed by atoms with Crippen molar-refractivity contribution in [3.8, 4) is 0 Å². The highest BCUT2D eigenvalue weighted by Crippen LogP contribution is 2.28. The van der Waals surface area contributed by atoms with Crippen LogP contribution in [-0.2, 0) is 0 Å². The maximum atomic E-state index is 13.6. The second kappa shape index (κ2) is 8.33. The molecule has 0 aliphatic carbocycles. The Labute approximate surface area is 137 Å². The highest BCUT2D eigenvalue weighted by Gasteiger charge is 2.17. The van der Waals surface area contributed by atoms with Crippen molar-refractivity contribution in [1.29, 1.82) is 0 Å². The molecule has 2 atom stereocenters. The van der Waals surface area contributed by atoms with Gasteiger partial charge in [0.25, 0.3) is 0 Å². The van der Waals surface area contributed by atoms with E-state index >= 15 is 0 Å². The van der Waals surface area contributed by atoms with Crippen LogP contribution in [0.1, 0.15) is 38.8 Å². The van der Waals surface area contributed by atoms with Gasteiger partial charge in [0.2, 0.25) is 0 Å². The van der Waals surface area contributed by atoms with E-state index in [1.54, 1.807) is 0 Å². The standard InChI is InChI=1S/C16H25Cl2FN2/c1-10(2)6-12(21(4)5)9-20-11(3)13-7-16(19)15(18)8-14(13)17/h7-8,10-12,20H,6,9H2,1-5H3. The maximum absolute atomic E-state index is 13.6. The Balaban J connectivity index is 2.72. The summed E-state index contributed by atoms with van der Waals surface area (Å²) in [6.07, 6.45) is 1.11. The van der Waals surface area contributed by atoms with Gasteiger partial charge in [0.05, 0.1) is 5.02 Å². The Morgan fingerprint density at radius 2 is 1.76 bits per heavy atom. The quantitative estimate of drug-likeness (QED) is 0.723. The summed E-state index contributed by atoms with van der Waals surface area (Å²) >= 11 is 11.9. The van der Waals surface area contributed by atoms with E-state index in [4.69, 9.17) is 23.2 Å². The van der Waals surface area contributed by atoms with Crippen LogP contribution < -0.4 is 5.32 Å². The molecule has 0 heterocycles. The van der Waals surface area contributed by atoms with Crippen molar-refractivity contribution < 1.29 is 4.39 Å². The number of benzene rings is 1. The van der Waals surface area contributed by atoms with Gasteiger partial charge in [-0.2, -0.15) is 0 Å². The Kier molecular flexibility index (Phi) is 7.41. The lowest BCUT2D eigenvalue weighted by Gasteiger charge is -2.28. The van der Waals surface area contributed by atoms with Crippen molar-refractivity contribution in [3.63, 3.8) is 0 Å². The molecule has 0 radical (unpaired) electrons. The van der Waals surface area contributed by atoms with E-state index < -0.39 is 5.82 Å². The Morgan fingerprint density at radius 3 is 2.29 bits per heavy atom. The summed E-state index contributed by atoms with van der Waals surface area (Å²) in [7, 11) is 4.16. The van der Waals surface area contributed by atoms with Gasteiger partial charge in [-0.25, -0.2) is 4.39 Å². The van der Waals surface area contributed by atoms with Gasteiger partial charge in [0.15, 0.2) is 0 Å². The van der Waals surface area contributed by atoms with E-state index in [0.717, 1.165) is 18.5 Å². The zero-order valence-electron chi connectivity index (χ0n) is 13.4. The Bertz CT molecular complexity index is 464. The number of rotatable bonds is 7. The lowest BCUT2D eigenvalue weighted by molar-refractivity contribution is 0.242. The van der Waals surface area contributed by atoms with Crippen LogP contribution in [0.5, 0.6) is 0 Å². The van der Waals surface area contributed by atoms with Crippen molar-refractivity contribution in [1.82, 2.24) is 10.2 Å². The average molecular weight is 335 g/mol. The van der Waals surface area contributed by atoms with E-state index in [1.807, 2.05) is 6.92 Å². The molecule has 2 nitrogen and oxygen atoms in total. The fourth-order valence-corrected chi connectivity index (χ4v) is 2.86. The van der Waals surface area contributed by atoms with Crippen LogP contribution in [-0.4, -0.2) is 31.6 Å². The Hall–Kier alpha value is -0.350. The lowest BCUT2D eigenvalue weighted by atomic mass is 10.0. The van der Waals surface area contributed by atoms with Crippen LogP contribution in [0.25, 0.3) is 0 Å². The predicted molar refractivity (Wildman–Crippen MR) is 89.8 cm³/mol. The van der Waals surface area contributed by atoms with E-state index in [0.29, 0.717) is 17.0 Å². The van der Waals surface area contributed by atoms with Crippen molar-refractivity contribution in [2.24, 2.45) is 5.92 Å². The first-order chi connectivity index (χ1) is 9.72. The second-order valence-corrected chi connectivity index (χ2v) is 6.98. The molecule has 2 unspecified atom stereocenters. The first kappa shape index (κ1) is 18.7. The summed E-state index contributed by atoms with van der Waals surface area (Å²) in [4.78, 5) is 2.21. The molecule has 0 aliphatic heterocycles. The zero-order valence-corrected chi connectivity index (χ0v) is 14.9. The summed E-state index contributed by atoms with van der Waals surface area (Å²) in [5.41, 5.74) is 0.737. The van der Waals surface area contributed by atoms with Crippen LogP contribution in [0, 0.1) is 11.7 Å². The minimum atomic E-state index is -0.434. The smallest absolute Gasteiger partial charge is 0.142 e. The van der Waals surface area contributed by atoms with Gasteiger partial charge < -0.3 is 10.2 Å². The fraction of sp³-hybridized carbons (Fsp3) is 0.625. The number of hydrogen-bond acceptors (Lipinski definition) is 2. The molecule has 5 heteroatoms. The normalized spacial score (nSPS) is 14.8. The third-order valence-corrected chi connectivity index (χ3v) is 4.26. The molecule has 1 aromatic rings. The topological polar surface area (TPSA) is 15.3 Å². The second-order valence-electron chi connectivity index (χ2n) is 6.16. The van der Waals surface area contributed by atoms with Crippen LogP contribution >= 0.6 is 23.2 Å². The first-order valence-electron chi connectivity index (χ1n) is 7.26. The highest BCUT2D eigenvalue weighted by molar-refractivity contribution is 6.35. The molecular formula is C16H25Cl2FN2. The average Bonchev–Trinajstić information content (AvgIpc) is 2.37. The number of hydrogen-bond donors (Lipinski definition) is 1. The minimum absolute atomic E-state index is 0.0288. The molecular weight excluding hydrogens is 310 g/mol. The van der Waals surface area contributed by atoms with Gasteiger partial charge in [-0.1, -0.05) is 37.0 Å². The third kappa shape index (κ3) is 5.74. The van der Waals surface area contributed by atoms with Crippen molar-refractivity contribution in [2.45, 2.75) is 39.3 Å². The summed E-state index contributed by atoms with van der Waals surface area (Å²) in [6, 6.07) is 3.28. The molecule has 0 aromatic heterocycles. The fourth-order valence-electron chi connectivity index (χ4n) is 2.31. The van der Waals surface area contributed by atoms with Crippen molar-refractivity contribution >= 4 is 23.2 Å². The van der Waals surface area contributed by atoms with E-state index in [2.05, 4.69) is 38.2 Å². The van der Waals surface area contributed by atoms with Gasteiger partial charge >= 0.3 is 0 Å². The molecule has 1 N–H and O–H groups in total. The highest BCUT2D eigenvalue weighted by atomic mass is 35.5. The molecule has 0 saturated heterocycles. The molecule has 21 heavy (non-hydrogen) atoms. The SMILES string of the molecule is CC(C)CC(CNC(C)c1cc(F)c(Cl)cc1Cl)N(C)C. The zero-order chi connectivity index (χ0) is 16.2. The van der Waals surface area contributed by atoms with Gasteiger partial charge in [-0.05, 0) is 51.1 Å². The summed E-state index contributed by atoms with van der Waals surface area (Å²) in [6.45, 7) is 7.24. The lowest BCUT2D eigenvalue weighted by Crippen LogP contribution is -2.39. The molecule has 0 spiro atoms. The first-order valence-corrected chi connectivity index (χ1v) is 8.02. The van der Waals surface area contributed by atoms with Gasteiger partial charge in [0.1, 0.15) is 5.82 Å². The molecule has 0 aliphatic rings. The number of nitrogens with one attached hydrogen (secondary N) is 1. The number of likely N-dealkylation sites (N-methyl/N-ethyl adjacent to an activating group) is 1. The van der Waals surface area contributed by atoms with E-state index in [9.17, 15) is 4.39 Å². The number of halogens is 3. The molecule has 1 aromatic carbocycles. The monoisotopic (exact) mass is 334 g/mol. The number of nitrogens with zero attached hydrogens (tertiary/aromatic N) is 1.